The minimum Gasteiger partial charge on any atom is -0.339 e. The van der Waals surface area contributed by atoms with Gasteiger partial charge in [0.2, 0.25) is 12.3 Å². The van der Waals surface area contributed by atoms with Gasteiger partial charge in [-0.1, -0.05) is 30.3 Å². The maximum Gasteiger partial charge on any atom is 0.219 e. The van der Waals surface area contributed by atoms with Crippen LogP contribution in [-0.4, -0.2) is 41.8 Å². The fraction of sp³-hybridized carbons (Fsp3) is 0.385. The molecule has 1 aromatic carbocycles. The van der Waals surface area contributed by atoms with Crippen LogP contribution in [0.25, 0.3) is 0 Å². The van der Waals surface area contributed by atoms with Crippen LogP contribution in [0.4, 0.5) is 0 Å². The molecule has 1 saturated heterocycles. The molecule has 0 aliphatic carbocycles. The van der Waals surface area contributed by atoms with Gasteiger partial charge in [-0.05, 0) is 5.56 Å². The summed E-state index contributed by atoms with van der Waals surface area (Å²) in [6.07, 6.45) is 0.870. The summed E-state index contributed by atoms with van der Waals surface area (Å²) in [6, 6.07) is 9.80. The molecule has 0 saturated carbocycles. The highest BCUT2D eigenvalue weighted by Gasteiger charge is 2.28. The zero-order chi connectivity index (χ0) is 12.3. The van der Waals surface area contributed by atoms with Crippen molar-refractivity contribution < 1.29 is 9.59 Å². The van der Waals surface area contributed by atoms with Gasteiger partial charge in [-0.2, -0.15) is 0 Å². The Kier molecular flexibility index (Phi) is 3.42. The largest absolute Gasteiger partial charge is 0.339 e. The first-order chi connectivity index (χ1) is 8.22. The first kappa shape index (κ1) is 11.6. The van der Waals surface area contributed by atoms with E-state index < -0.39 is 0 Å². The third kappa shape index (κ3) is 2.46. The Morgan fingerprint density at radius 2 is 2.00 bits per heavy atom. The van der Waals surface area contributed by atoms with Crippen LogP contribution in [0.3, 0.4) is 0 Å². The van der Waals surface area contributed by atoms with Crippen LogP contribution in [-0.2, 0) is 9.59 Å². The Morgan fingerprint density at radius 1 is 1.29 bits per heavy atom. The molecule has 1 aromatic rings. The van der Waals surface area contributed by atoms with Gasteiger partial charge in [0.15, 0.2) is 0 Å². The average Bonchev–Trinajstić information content (AvgIpc) is 2.39. The smallest absolute Gasteiger partial charge is 0.219 e. The summed E-state index contributed by atoms with van der Waals surface area (Å²) in [6.45, 7) is 3.37. The first-order valence-electron chi connectivity index (χ1n) is 5.74. The lowest BCUT2D eigenvalue weighted by Gasteiger charge is -2.39. The van der Waals surface area contributed by atoms with Crippen LogP contribution in [0, 0.1) is 0 Å². The van der Waals surface area contributed by atoms with Gasteiger partial charge >= 0.3 is 0 Å². The van der Waals surface area contributed by atoms with E-state index in [2.05, 4.69) is 0 Å². The predicted octanol–water partition coefficient (Wildman–Crippen LogP) is 1.05. The number of hydrogen-bond acceptors (Lipinski definition) is 2. The highest BCUT2D eigenvalue weighted by atomic mass is 16.2. The fourth-order valence-corrected chi connectivity index (χ4v) is 2.18. The second-order valence-corrected chi connectivity index (χ2v) is 4.23. The van der Waals surface area contributed by atoms with Gasteiger partial charge in [-0.3, -0.25) is 9.59 Å². The summed E-state index contributed by atoms with van der Waals surface area (Å²) >= 11 is 0. The summed E-state index contributed by atoms with van der Waals surface area (Å²) in [5.74, 6) is 0.0662. The normalized spacial score (nSPS) is 20.2. The zero-order valence-corrected chi connectivity index (χ0v) is 9.87. The quantitative estimate of drug-likeness (QED) is 0.715. The van der Waals surface area contributed by atoms with Crippen LogP contribution in [0.15, 0.2) is 30.3 Å². The third-order valence-corrected chi connectivity index (χ3v) is 3.19. The van der Waals surface area contributed by atoms with Gasteiger partial charge < -0.3 is 9.80 Å². The SMILES string of the molecule is CC(=O)N1CCN(C=O)[C@@H](c2ccccc2)C1. The number of hydrogen-bond donors (Lipinski definition) is 0. The van der Waals surface area contributed by atoms with Gasteiger partial charge in [-0.15, -0.1) is 0 Å². The van der Waals surface area contributed by atoms with Gasteiger partial charge in [0.05, 0.1) is 6.04 Å². The maximum atomic E-state index is 11.4. The molecule has 1 heterocycles. The lowest BCUT2D eigenvalue weighted by molar-refractivity contribution is -0.135. The lowest BCUT2D eigenvalue weighted by Crippen LogP contribution is -2.49. The Morgan fingerprint density at radius 3 is 2.59 bits per heavy atom. The molecule has 0 spiro atoms. The molecule has 17 heavy (non-hydrogen) atoms. The van der Waals surface area contributed by atoms with Crippen LogP contribution >= 0.6 is 0 Å². The van der Waals surface area contributed by atoms with Crippen LogP contribution in [0.1, 0.15) is 18.5 Å². The maximum absolute atomic E-state index is 11.4. The van der Waals surface area contributed by atoms with Crippen molar-refractivity contribution in [3.8, 4) is 0 Å². The first-order valence-corrected chi connectivity index (χ1v) is 5.74. The molecule has 1 aliphatic heterocycles. The predicted molar refractivity (Wildman–Crippen MR) is 64.2 cm³/mol. The molecule has 0 aromatic heterocycles. The van der Waals surface area contributed by atoms with Gasteiger partial charge in [-0.25, -0.2) is 0 Å². The number of nitrogens with zero attached hydrogens (tertiary/aromatic N) is 2. The molecule has 1 atom stereocenters. The summed E-state index contributed by atoms with van der Waals surface area (Å²) in [5, 5.41) is 0. The van der Waals surface area contributed by atoms with Crippen LogP contribution < -0.4 is 0 Å². The van der Waals surface area contributed by atoms with E-state index in [-0.39, 0.29) is 11.9 Å². The number of rotatable bonds is 2. The molecule has 4 heteroatoms. The second kappa shape index (κ2) is 4.99. The van der Waals surface area contributed by atoms with Crippen molar-refractivity contribution in [3.63, 3.8) is 0 Å². The third-order valence-electron chi connectivity index (χ3n) is 3.19. The minimum absolute atomic E-state index is 0.0219. The van der Waals surface area contributed by atoms with Crippen molar-refractivity contribution in [3.05, 3.63) is 35.9 Å². The molecule has 0 N–H and O–H groups in total. The molecule has 1 fully saturated rings. The number of amides is 2. The topological polar surface area (TPSA) is 40.6 Å². The van der Waals surface area contributed by atoms with Crippen molar-refractivity contribution in [2.75, 3.05) is 19.6 Å². The Labute approximate surface area is 101 Å². The van der Waals surface area contributed by atoms with Crippen molar-refractivity contribution in [1.82, 2.24) is 9.80 Å². The average molecular weight is 232 g/mol. The standard InChI is InChI=1S/C13H16N2O2/c1-11(17)14-7-8-15(10-16)13(9-14)12-5-3-2-4-6-12/h2-6,10,13H,7-9H2,1H3/t13-/m1/s1. The van der Waals surface area contributed by atoms with E-state index in [4.69, 9.17) is 0 Å². The summed E-state index contributed by atoms with van der Waals surface area (Å²) < 4.78 is 0. The highest BCUT2D eigenvalue weighted by molar-refractivity contribution is 5.73. The van der Waals surface area contributed by atoms with Crippen LogP contribution in [0.2, 0.25) is 0 Å². The number of piperazine rings is 1. The molecule has 0 radical (unpaired) electrons. The fourth-order valence-electron chi connectivity index (χ4n) is 2.18. The molecule has 2 amide bonds. The highest BCUT2D eigenvalue weighted by Crippen LogP contribution is 2.23. The van der Waals surface area contributed by atoms with Gasteiger partial charge in [0, 0.05) is 26.6 Å². The monoisotopic (exact) mass is 232 g/mol. The molecule has 0 unspecified atom stereocenters. The Hall–Kier alpha value is -1.84. The second-order valence-electron chi connectivity index (χ2n) is 4.23. The van der Waals surface area contributed by atoms with E-state index in [0.717, 1.165) is 12.0 Å². The molecule has 2 rings (SSSR count). The van der Waals surface area contributed by atoms with E-state index >= 15 is 0 Å². The summed E-state index contributed by atoms with van der Waals surface area (Å²) in [4.78, 5) is 26.0. The molecular formula is C13H16N2O2. The molecule has 90 valence electrons. The molecule has 4 nitrogen and oxygen atoms in total. The van der Waals surface area contributed by atoms with Crippen molar-refractivity contribution in [2.24, 2.45) is 0 Å². The molecule has 0 bridgehead atoms. The van der Waals surface area contributed by atoms with E-state index in [1.165, 1.54) is 0 Å². The Balaban J connectivity index is 2.21. The van der Waals surface area contributed by atoms with Crippen molar-refractivity contribution in [1.29, 1.82) is 0 Å². The van der Waals surface area contributed by atoms with E-state index in [1.54, 1.807) is 16.7 Å². The number of carbonyl (C=O) groups excluding carboxylic acids is 2. The molecular weight excluding hydrogens is 216 g/mol. The van der Waals surface area contributed by atoms with Crippen molar-refractivity contribution in [2.45, 2.75) is 13.0 Å². The Bertz CT molecular complexity index is 405. The van der Waals surface area contributed by atoms with E-state index in [1.807, 2.05) is 30.3 Å². The number of benzene rings is 1. The zero-order valence-electron chi connectivity index (χ0n) is 9.87. The lowest BCUT2D eigenvalue weighted by atomic mass is 10.0. The van der Waals surface area contributed by atoms with Crippen LogP contribution in [0.5, 0.6) is 0 Å². The minimum atomic E-state index is -0.0219. The summed E-state index contributed by atoms with van der Waals surface area (Å²) in [7, 11) is 0. The van der Waals surface area contributed by atoms with Gasteiger partial charge in [0.1, 0.15) is 0 Å². The van der Waals surface area contributed by atoms with E-state index in [9.17, 15) is 9.59 Å². The van der Waals surface area contributed by atoms with E-state index in [0.29, 0.717) is 19.6 Å². The van der Waals surface area contributed by atoms with Crippen molar-refractivity contribution >= 4 is 12.3 Å². The molecule has 1 aliphatic rings. The van der Waals surface area contributed by atoms with Gasteiger partial charge in [0.25, 0.3) is 0 Å². The summed E-state index contributed by atoms with van der Waals surface area (Å²) in [5.41, 5.74) is 1.07. The number of carbonyl (C=O) groups is 2.